The van der Waals surface area contributed by atoms with Gasteiger partial charge in [-0.05, 0) is 57.2 Å². The first-order chi connectivity index (χ1) is 16.6. The van der Waals surface area contributed by atoms with Gasteiger partial charge < -0.3 is 25.7 Å². The summed E-state index contributed by atoms with van der Waals surface area (Å²) in [6.07, 6.45) is 3.14. The topological polar surface area (TPSA) is 136 Å². The Morgan fingerprint density at radius 1 is 1.29 bits per heavy atom. The second-order valence-electron chi connectivity index (χ2n) is 10.1. The highest BCUT2D eigenvalue weighted by atomic mass is 19.1. The van der Waals surface area contributed by atoms with E-state index in [2.05, 4.69) is 27.0 Å². The number of carbonyl (C=O) groups excluding carboxylic acids is 3. The standard InChI is InChI=1S/C25H30FN5O4/c1-25(2)11-14(22(32)31-25)9-15(12-27)28-23(33)18(8-13-4-5-13)30-24(34)19-10-16-20(35-3)7-6-17(26)21(16)29-19/h6-7,10,13-15,18,29H,4-5,8-9,11H2,1-3H3,(H,28,33)(H,30,34)(H,31,32)/t14-,15+,18+/m1/s1. The van der Waals surface area contributed by atoms with Gasteiger partial charge in [0, 0.05) is 16.8 Å². The molecule has 3 atom stereocenters. The van der Waals surface area contributed by atoms with E-state index in [4.69, 9.17) is 4.74 Å². The Morgan fingerprint density at radius 2 is 2.03 bits per heavy atom. The fourth-order valence-corrected chi connectivity index (χ4v) is 4.70. The molecule has 0 radical (unpaired) electrons. The van der Waals surface area contributed by atoms with E-state index < -0.39 is 29.7 Å². The molecule has 10 heteroatoms. The monoisotopic (exact) mass is 483 g/mol. The fraction of sp³-hybridized carbons (Fsp3) is 0.520. The molecule has 1 aliphatic carbocycles. The maximum absolute atomic E-state index is 14.2. The van der Waals surface area contributed by atoms with Crippen molar-refractivity contribution in [2.24, 2.45) is 11.8 Å². The molecule has 3 amide bonds. The summed E-state index contributed by atoms with van der Waals surface area (Å²) in [6, 6.07) is 4.55. The number of nitrogens with one attached hydrogen (secondary N) is 4. The Balaban J connectivity index is 1.46. The Kier molecular flexibility index (Phi) is 6.70. The zero-order valence-electron chi connectivity index (χ0n) is 20.0. The number of amides is 3. The summed E-state index contributed by atoms with van der Waals surface area (Å²) in [7, 11) is 1.46. The quantitative estimate of drug-likeness (QED) is 0.435. The molecular weight excluding hydrogens is 453 g/mol. The molecule has 2 aliphatic rings. The first-order valence-electron chi connectivity index (χ1n) is 11.8. The molecule has 2 fully saturated rings. The number of fused-ring (bicyclic) bond motifs is 1. The summed E-state index contributed by atoms with van der Waals surface area (Å²) in [5.41, 5.74) is -0.116. The van der Waals surface area contributed by atoms with Crippen LogP contribution in [0.25, 0.3) is 10.9 Å². The Morgan fingerprint density at radius 3 is 2.63 bits per heavy atom. The molecular formula is C25H30FN5O4. The third kappa shape index (κ3) is 5.56. The first kappa shape index (κ1) is 24.5. The number of hydrogen-bond acceptors (Lipinski definition) is 5. The molecule has 0 bridgehead atoms. The number of ether oxygens (including phenoxy) is 1. The van der Waals surface area contributed by atoms with E-state index in [1.165, 1.54) is 25.3 Å². The predicted molar refractivity (Wildman–Crippen MR) is 126 cm³/mol. The van der Waals surface area contributed by atoms with Crippen LogP contribution in [0.4, 0.5) is 4.39 Å². The van der Waals surface area contributed by atoms with E-state index in [1.54, 1.807) is 0 Å². The summed E-state index contributed by atoms with van der Waals surface area (Å²) >= 11 is 0. The second kappa shape index (κ2) is 9.56. The maximum atomic E-state index is 14.2. The lowest BCUT2D eigenvalue weighted by molar-refractivity contribution is -0.125. The molecule has 0 unspecified atom stereocenters. The highest BCUT2D eigenvalue weighted by Crippen LogP contribution is 2.34. The van der Waals surface area contributed by atoms with E-state index >= 15 is 0 Å². The first-order valence-corrected chi connectivity index (χ1v) is 11.8. The number of nitrogens with zero attached hydrogens (tertiary/aromatic N) is 1. The average molecular weight is 484 g/mol. The summed E-state index contributed by atoms with van der Waals surface area (Å²) in [5.74, 6) is -1.34. The van der Waals surface area contributed by atoms with E-state index in [9.17, 15) is 24.0 Å². The van der Waals surface area contributed by atoms with Crippen LogP contribution in [0.5, 0.6) is 5.75 Å². The summed E-state index contributed by atoms with van der Waals surface area (Å²) in [5, 5.41) is 18.4. The van der Waals surface area contributed by atoms with Gasteiger partial charge in [0.25, 0.3) is 5.91 Å². The Hall–Kier alpha value is -3.61. The molecule has 1 saturated heterocycles. The van der Waals surface area contributed by atoms with Crippen LogP contribution in [0.3, 0.4) is 0 Å². The molecule has 9 nitrogen and oxygen atoms in total. The lowest BCUT2D eigenvalue weighted by atomic mass is 9.92. The van der Waals surface area contributed by atoms with Crippen molar-refractivity contribution in [1.29, 1.82) is 5.26 Å². The van der Waals surface area contributed by atoms with Crippen LogP contribution in [0, 0.1) is 29.0 Å². The van der Waals surface area contributed by atoms with Crippen LogP contribution in [0.15, 0.2) is 18.2 Å². The summed E-state index contributed by atoms with van der Waals surface area (Å²) in [4.78, 5) is 41.1. The van der Waals surface area contributed by atoms with Crippen molar-refractivity contribution in [2.45, 2.75) is 63.6 Å². The van der Waals surface area contributed by atoms with Crippen molar-refractivity contribution in [2.75, 3.05) is 7.11 Å². The number of H-pyrrole nitrogens is 1. The molecule has 1 aromatic heterocycles. The van der Waals surface area contributed by atoms with E-state index in [0.717, 1.165) is 12.8 Å². The minimum Gasteiger partial charge on any atom is -0.496 e. The van der Waals surface area contributed by atoms with Gasteiger partial charge in [-0.25, -0.2) is 4.39 Å². The van der Waals surface area contributed by atoms with Crippen molar-refractivity contribution in [3.05, 3.63) is 29.7 Å². The summed E-state index contributed by atoms with van der Waals surface area (Å²) < 4.78 is 19.5. The van der Waals surface area contributed by atoms with Crippen molar-refractivity contribution < 1.29 is 23.5 Å². The lowest BCUT2D eigenvalue weighted by Crippen LogP contribution is -2.50. The number of nitriles is 1. The second-order valence-corrected chi connectivity index (χ2v) is 10.1. The molecule has 2 aromatic rings. The molecule has 35 heavy (non-hydrogen) atoms. The molecule has 2 heterocycles. The number of hydrogen-bond donors (Lipinski definition) is 4. The van der Waals surface area contributed by atoms with Crippen LogP contribution < -0.4 is 20.7 Å². The number of rotatable bonds is 9. The van der Waals surface area contributed by atoms with Gasteiger partial charge in [-0.2, -0.15) is 5.26 Å². The lowest BCUT2D eigenvalue weighted by Gasteiger charge is -2.21. The number of aromatic amines is 1. The van der Waals surface area contributed by atoms with Crippen LogP contribution in [-0.2, 0) is 9.59 Å². The maximum Gasteiger partial charge on any atom is 0.268 e. The Bertz CT molecular complexity index is 1200. The minimum atomic E-state index is -0.864. The SMILES string of the molecule is COc1ccc(F)c2[nH]c(C(=O)N[C@@H](CC3CC3)C(=O)N[C@H](C#N)C[C@@H]3CC(C)(C)NC3=O)cc12. The number of carbonyl (C=O) groups is 3. The van der Waals surface area contributed by atoms with Crippen molar-refractivity contribution in [3.63, 3.8) is 0 Å². The largest absolute Gasteiger partial charge is 0.496 e. The van der Waals surface area contributed by atoms with Crippen LogP contribution >= 0.6 is 0 Å². The number of halogens is 1. The highest BCUT2D eigenvalue weighted by molar-refractivity contribution is 6.01. The average Bonchev–Trinajstić information content (AvgIpc) is 3.43. The van der Waals surface area contributed by atoms with Crippen LogP contribution in [-0.4, -0.2) is 47.4 Å². The van der Waals surface area contributed by atoms with Crippen LogP contribution in [0.2, 0.25) is 0 Å². The minimum absolute atomic E-state index is 0.0960. The van der Waals surface area contributed by atoms with E-state index in [-0.39, 0.29) is 35.0 Å². The smallest absolute Gasteiger partial charge is 0.268 e. The van der Waals surface area contributed by atoms with Gasteiger partial charge in [-0.3, -0.25) is 14.4 Å². The molecule has 186 valence electrons. The van der Waals surface area contributed by atoms with Crippen molar-refractivity contribution in [1.82, 2.24) is 20.9 Å². The molecule has 1 aromatic carbocycles. The normalized spacial score (nSPS) is 20.5. The van der Waals surface area contributed by atoms with Gasteiger partial charge in [0.05, 0.1) is 18.7 Å². The van der Waals surface area contributed by atoms with E-state index in [0.29, 0.717) is 29.9 Å². The molecule has 1 saturated carbocycles. The predicted octanol–water partition coefficient (Wildman–Crippen LogP) is 2.53. The van der Waals surface area contributed by atoms with Gasteiger partial charge in [0.1, 0.15) is 29.3 Å². The van der Waals surface area contributed by atoms with Crippen molar-refractivity contribution in [3.8, 4) is 11.8 Å². The number of methoxy groups -OCH3 is 1. The summed E-state index contributed by atoms with van der Waals surface area (Å²) in [6.45, 7) is 3.83. The zero-order chi connectivity index (χ0) is 25.3. The molecule has 4 N–H and O–H groups in total. The van der Waals surface area contributed by atoms with Gasteiger partial charge in [0.15, 0.2) is 0 Å². The van der Waals surface area contributed by atoms with Gasteiger partial charge in [-0.1, -0.05) is 12.8 Å². The molecule has 0 spiro atoms. The molecule has 4 rings (SSSR count). The number of aromatic nitrogens is 1. The highest BCUT2D eigenvalue weighted by Gasteiger charge is 2.39. The van der Waals surface area contributed by atoms with Gasteiger partial charge in [-0.15, -0.1) is 0 Å². The zero-order valence-corrected chi connectivity index (χ0v) is 20.0. The van der Waals surface area contributed by atoms with Gasteiger partial charge >= 0.3 is 0 Å². The van der Waals surface area contributed by atoms with Crippen LogP contribution in [0.1, 0.15) is 56.4 Å². The third-order valence-corrected chi connectivity index (χ3v) is 6.64. The van der Waals surface area contributed by atoms with Crippen molar-refractivity contribution >= 4 is 28.6 Å². The van der Waals surface area contributed by atoms with E-state index in [1.807, 2.05) is 13.8 Å². The fourth-order valence-electron chi connectivity index (χ4n) is 4.70. The Labute approximate surface area is 202 Å². The number of benzene rings is 1. The molecule has 1 aliphatic heterocycles. The van der Waals surface area contributed by atoms with Gasteiger partial charge in [0.2, 0.25) is 11.8 Å². The third-order valence-electron chi connectivity index (χ3n) is 6.64.